The summed E-state index contributed by atoms with van der Waals surface area (Å²) in [5.41, 5.74) is 1.26. The van der Waals surface area contributed by atoms with E-state index < -0.39 is 6.04 Å². The summed E-state index contributed by atoms with van der Waals surface area (Å²) in [5.74, 6) is -0.158. The van der Waals surface area contributed by atoms with Crippen LogP contribution in [0.2, 0.25) is 10.0 Å². The van der Waals surface area contributed by atoms with Crippen LogP contribution < -0.4 is 5.32 Å². The summed E-state index contributed by atoms with van der Waals surface area (Å²) in [6, 6.07) is 10.5. The molecule has 4 nitrogen and oxygen atoms in total. The molecule has 138 valence electrons. The minimum Gasteiger partial charge on any atom is -0.339 e. The summed E-state index contributed by atoms with van der Waals surface area (Å²) in [6.07, 6.45) is 6.34. The summed E-state index contributed by atoms with van der Waals surface area (Å²) in [4.78, 5) is 16.8. The third-order valence-corrected chi connectivity index (χ3v) is 4.52. The molecule has 0 aliphatic carbocycles. The predicted octanol–water partition coefficient (Wildman–Crippen LogP) is 4.79. The van der Waals surface area contributed by atoms with Crippen molar-refractivity contribution in [2.75, 3.05) is 0 Å². The van der Waals surface area contributed by atoms with E-state index in [1.807, 2.05) is 7.05 Å². The molecule has 0 saturated carbocycles. The van der Waals surface area contributed by atoms with Gasteiger partial charge in [-0.05, 0) is 41.5 Å². The van der Waals surface area contributed by atoms with Gasteiger partial charge in [0, 0.05) is 35.6 Å². The van der Waals surface area contributed by atoms with E-state index in [2.05, 4.69) is 10.3 Å². The third kappa shape index (κ3) is 4.76. The van der Waals surface area contributed by atoms with Crippen LogP contribution in [0.15, 0.2) is 60.9 Å². The van der Waals surface area contributed by atoms with Crippen molar-refractivity contribution in [3.8, 4) is 0 Å². The summed E-state index contributed by atoms with van der Waals surface area (Å²) >= 11 is 12.0. The topological polar surface area (TPSA) is 46.9 Å². The van der Waals surface area contributed by atoms with Crippen LogP contribution >= 0.6 is 23.2 Å². The van der Waals surface area contributed by atoms with Crippen molar-refractivity contribution in [2.45, 2.75) is 6.04 Å². The Hall–Kier alpha value is -2.63. The number of benzene rings is 2. The van der Waals surface area contributed by atoms with Crippen molar-refractivity contribution in [3.05, 3.63) is 93.7 Å². The number of hydrogen-bond donors (Lipinski definition) is 1. The molecule has 0 bridgehead atoms. The molecule has 0 aliphatic heterocycles. The lowest BCUT2D eigenvalue weighted by Crippen LogP contribution is -2.29. The van der Waals surface area contributed by atoms with Crippen LogP contribution in [0.25, 0.3) is 6.08 Å². The first kappa shape index (κ1) is 19.1. The highest BCUT2D eigenvalue weighted by molar-refractivity contribution is 6.35. The maximum Gasteiger partial charge on any atom is 0.244 e. The first-order valence-electron chi connectivity index (χ1n) is 8.10. The van der Waals surface area contributed by atoms with E-state index in [1.54, 1.807) is 53.4 Å². The molecule has 1 aromatic heterocycles. The van der Waals surface area contributed by atoms with E-state index >= 15 is 0 Å². The van der Waals surface area contributed by atoms with Gasteiger partial charge in [0.25, 0.3) is 0 Å². The molecule has 0 radical (unpaired) electrons. The molecule has 3 aromatic rings. The number of hydrogen-bond acceptors (Lipinski definition) is 2. The third-order valence-electron chi connectivity index (χ3n) is 3.96. The Morgan fingerprint density at radius 1 is 1.26 bits per heavy atom. The maximum absolute atomic E-state index is 13.7. The number of aromatic nitrogens is 2. The van der Waals surface area contributed by atoms with Gasteiger partial charge in [0.1, 0.15) is 17.7 Å². The zero-order valence-electron chi connectivity index (χ0n) is 14.4. The van der Waals surface area contributed by atoms with E-state index in [1.165, 1.54) is 18.2 Å². The number of nitrogens with zero attached hydrogens (tertiary/aromatic N) is 2. The van der Waals surface area contributed by atoms with E-state index in [4.69, 9.17) is 23.2 Å². The van der Waals surface area contributed by atoms with Crippen LogP contribution in [0.3, 0.4) is 0 Å². The van der Waals surface area contributed by atoms with Crippen molar-refractivity contribution in [1.29, 1.82) is 0 Å². The molecule has 2 aromatic carbocycles. The lowest BCUT2D eigenvalue weighted by Gasteiger charge is -2.18. The van der Waals surface area contributed by atoms with E-state index in [0.29, 0.717) is 27.0 Å². The maximum atomic E-state index is 13.7. The number of rotatable bonds is 5. The molecule has 1 N–H and O–H groups in total. The molecule has 1 heterocycles. The molecule has 0 fully saturated rings. The van der Waals surface area contributed by atoms with Gasteiger partial charge in [-0.3, -0.25) is 4.79 Å². The van der Waals surface area contributed by atoms with Crippen molar-refractivity contribution < 1.29 is 9.18 Å². The highest BCUT2D eigenvalue weighted by atomic mass is 35.5. The monoisotopic (exact) mass is 403 g/mol. The van der Waals surface area contributed by atoms with Gasteiger partial charge in [0.15, 0.2) is 0 Å². The van der Waals surface area contributed by atoms with Crippen molar-refractivity contribution >= 4 is 35.2 Å². The lowest BCUT2D eigenvalue weighted by molar-refractivity contribution is -0.117. The molecule has 0 saturated heterocycles. The lowest BCUT2D eigenvalue weighted by atomic mass is 10.1. The fourth-order valence-corrected chi connectivity index (χ4v) is 3.10. The minimum atomic E-state index is -0.599. The van der Waals surface area contributed by atoms with Gasteiger partial charge < -0.3 is 9.88 Å². The Bertz CT molecular complexity index is 1000. The van der Waals surface area contributed by atoms with Crippen molar-refractivity contribution in [1.82, 2.24) is 14.9 Å². The molecule has 0 spiro atoms. The standard InChI is InChI=1S/C20H16Cl2FN3O/c1-26-10-9-24-20(26)19(14-3-2-4-16(23)11-14)25-18(27)8-6-13-5-7-15(21)12-17(13)22/h2-12,19H,1H3,(H,25,27)/b8-6+. The molecular formula is C20H16Cl2FN3O. The molecule has 7 heteroatoms. The Morgan fingerprint density at radius 2 is 2.07 bits per heavy atom. The highest BCUT2D eigenvalue weighted by Crippen LogP contribution is 2.23. The summed E-state index contributed by atoms with van der Waals surface area (Å²) < 4.78 is 15.4. The minimum absolute atomic E-state index is 0.363. The van der Waals surface area contributed by atoms with Gasteiger partial charge >= 0.3 is 0 Å². The van der Waals surface area contributed by atoms with E-state index in [-0.39, 0.29) is 11.7 Å². The molecule has 3 rings (SSSR count). The zero-order valence-corrected chi connectivity index (χ0v) is 15.9. The van der Waals surface area contributed by atoms with Crippen molar-refractivity contribution in [3.63, 3.8) is 0 Å². The quantitative estimate of drug-likeness (QED) is 0.622. The van der Waals surface area contributed by atoms with Gasteiger partial charge in [-0.15, -0.1) is 0 Å². The normalized spacial score (nSPS) is 12.3. The molecule has 1 amide bonds. The molecule has 1 atom stereocenters. The summed E-state index contributed by atoms with van der Waals surface area (Å²) in [7, 11) is 1.81. The van der Waals surface area contributed by atoms with Crippen LogP contribution in [-0.4, -0.2) is 15.5 Å². The number of nitrogens with one attached hydrogen (secondary N) is 1. The van der Waals surface area contributed by atoms with Gasteiger partial charge in [0.2, 0.25) is 5.91 Å². The largest absolute Gasteiger partial charge is 0.339 e. The second-order valence-electron chi connectivity index (χ2n) is 5.89. The number of carbonyl (C=O) groups is 1. The van der Waals surface area contributed by atoms with Crippen LogP contribution in [-0.2, 0) is 11.8 Å². The predicted molar refractivity (Wildman–Crippen MR) is 105 cm³/mol. The molecule has 0 aliphatic rings. The number of carbonyl (C=O) groups excluding carboxylic acids is 1. The zero-order chi connectivity index (χ0) is 19.4. The van der Waals surface area contributed by atoms with Crippen LogP contribution in [0.5, 0.6) is 0 Å². The van der Waals surface area contributed by atoms with Gasteiger partial charge in [-0.2, -0.15) is 0 Å². The van der Waals surface area contributed by atoms with E-state index in [9.17, 15) is 9.18 Å². The van der Waals surface area contributed by atoms with Crippen LogP contribution in [0.4, 0.5) is 4.39 Å². The average Bonchev–Trinajstić information content (AvgIpc) is 3.04. The second-order valence-corrected chi connectivity index (χ2v) is 6.74. The fourth-order valence-electron chi connectivity index (χ4n) is 2.63. The molecular weight excluding hydrogens is 388 g/mol. The Labute approximate surface area is 166 Å². The summed E-state index contributed by atoms with van der Waals surface area (Å²) in [6.45, 7) is 0. The van der Waals surface area contributed by atoms with Crippen LogP contribution in [0.1, 0.15) is 23.0 Å². The average molecular weight is 404 g/mol. The number of amides is 1. The summed E-state index contributed by atoms with van der Waals surface area (Å²) in [5, 5.41) is 3.82. The van der Waals surface area contributed by atoms with E-state index in [0.717, 1.165) is 0 Å². The Morgan fingerprint density at radius 3 is 2.74 bits per heavy atom. The van der Waals surface area contributed by atoms with Gasteiger partial charge in [-0.25, -0.2) is 9.37 Å². The smallest absolute Gasteiger partial charge is 0.244 e. The van der Waals surface area contributed by atoms with Gasteiger partial charge in [-0.1, -0.05) is 41.4 Å². The fraction of sp³-hybridized carbons (Fsp3) is 0.100. The number of halogens is 3. The van der Waals surface area contributed by atoms with Crippen molar-refractivity contribution in [2.24, 2.45) is 7.05 Å². The molecule has 1 unspecified atom stereocenters. The number of aryl methyl sites for hydroxylation is 1. The molecule has 27 heavy (non-hydrogen) atoms. The Kier molecular flexibility index (Phi) is 5.94. The second kappa shape index (κ2) is 8.37. The van der Waals surface area contributed by atoms with Crippen LogP contribution in [0, 0.1) is 5.82 Å². The first-order chi connectivity index (χ1) is 12.9. The first-order valence-corrected chi connectivity index (χ1v) is 8.86. The SMILES string of the molecule is Cn1ccnc1C(NC(=O)/C=C/c1ccc(Cl)cc1Cl)c1cccc(F)c1. The van der Waals surface area contributed by atoms with Gasteiger partial charge in [0.05, 0.1) is 0 Å². The Balaban J connectivity index is 1.85. The highest BCUT2D eigenvalue weighted by Gasteiger charge is 2.20. The number of imidazole rings is 1.